The lowest BCUT2D eigenvalue weighted by Gasteiger charge is -2.26. The molecule has 2 fully saturated rings. The van der Waals surface area contributed by atoms with Crippen molar-refractivity contribution >= 4 is 11.8 Å². The van der Waals surface area contributed by atoms with Crippen molar-refractivity contribution in [1.29, 1.82) is 0 Å². The average molecular weight is 240 g/mol. The summed E-state index contributed by atoms with van der Waals surface area (Å²) in [5, 5.41) is 5.71. The van der Waals surface area contributed by atoms with Gasteiger partial charge in [0.1, 0.15) is 0 Å². The van der Waals surface area contributed by atoms with Gasteiger partial charge in [0.05, 0.1) is 12.5 Å². The summed E-state index contributed by atoms with van der Waals surface area (Å²) in [6.07, 6.45) is 5.01. The minimum atomic E-state index is 0.0399. The zero-order valence-electron chi connectivity index (χ0n) is 10.0. The fraction of sp³-hybridized carbons (Fsp3) is 0.833. The normalized spacial score (nSPS) is 29.5. The van der Waals surface area contributed by atoms with Crippen molar-refractivity contribution in [1.82, 2.24) is 10.6 Å². The Morgan fingerprint density at radius 2 is 2.29 bits per heavy atom. The molecule has 96 valence electrons. The third kappa shape index (κ3) is 4.00. The zero-order chi connectivity index (χ0) is 12.1. The standard InChI is InChI=1S/C12H20N2O3/c15-11-5-4-9(8-13-11)14-12(16)7-10-3-1-2-6-17-10/h9-10H,1-8H2,(H,13,15)(H,14,16). The van der Waals surface area contributed by atoms with Crippen molar-refractivity contribution in [3.8, 4) is 0 Å². The molecule has 0 aliphatic carbocycles. The Hall–Kier alpha value is -1.10. The number of carbonyl (C=O) groups excluding carboxylic acids is 2. The molecule has 2 aliphatic heterocycles. The van der Waals surface area contributed by atoms with Crippen LogP contribution in [0.3, 0.4) is 0 Å². The van der Waals surface area contributed by atoms with E-state index < -0.39 is 0 Å². The molecule has 0 aromatic carbocycles. The van der Waals surface area contributed by atoms with Crippen LogP contribution in [0.25, 0.3) is 0 Å². The largest absolute Gasteiger partial charge is 0.378 e. The number of piperidine rings is 1. The van der Waals surface area contributed by atoms with Gasteiger partial charge >= 0.3 is 0 Å². The summed E-state index contributed by atoms with van der Waals surface area (Å²) in [7, 11) is 0. The first kappa shape index (κ1) is 12.4. The lowest BCUT2D eigenvalue weighted by molar-refractivity contribution is -0.128. The zero-order valence-corrected chi connectivity index (χ0v) is 10.0. The van der Waals surface area contributed by atoms with E-state index in [1.54, 1.807) is 0 Å². The highest BCUT2D eigenvalue weighted by atomic mass is 16.5. The van der Waals surface area contributed by atoms with Gasteiger partial charge in [-0.25, -0.2) is 0 Å². The maximum absolute atomic E-state index is 11.8. The second kappa shape index (κ2) is 6.00. The second-order valence-corrected chi connectivity index (χ2v) is 4.80. The third-order valence-electron chi connectivity index (χ3n) is 3.32. The Labute approximate surface area is 101 Å². The van der Waals surface area contributed by atoms with E-state index in [9.17, 15) is 9.59 Å². The number of hydrogen-bond acceptors (Lipinski definition) is 3. The topological polar surface area (TPSA) is 67.4 Å². The van der Waals surface area contributed by atoms with E-state index in [-0.39, 0.29) is 24.0 Å². The molecule has 5 heteroatoms. The molecule has 0 aromatic rings. The summed E-state index contributed by atoms with van der Waals surface area (Å²) in [4.78, 5) is 22.7. The van der Waals surface area contributed by atoms with Gasteiger partial charge in [0.2, 0.25) is 11.8 Å². The van der Waals surface area contributed by atoms with E-state index in [0.717, 1.165) is 32.3 Å². The van der Waals surface area contributed by atoms with Crippen LogP contribution in [0.4, 0.5) is 0 Å². The molecule has 0 radical (unpaired) electrons. The van der Waals surface area contributed by atoms with Crippen LogP contribution in [0.15, 0.2) is 0 Å². The van der Waals surface area contributed by atoms with Crippen LogP contribution >= 0.6 is 0 Å². The van der Waals surface area contributed by atoms with E-state index in [1.807, 2.05) is 0 Å². The van der Waals surface area contributed by atoms with Crippen LogP contribution in [0.5, 0.6) is 0 Å². The lowest BCUT2D eigenvalue weighted by atomic mass is 10.0. The molecular formula is C12H20N2O3. The van der Waals surface area contributed by atoms with Crippen molar-refractivity contribution in [3.05, 3.63) is 0 Å². The molecule has 17 heavy (non-hydrogen) atoms. The van der Waals surface area contributed by atoms with E-state index in [1.165, 1.54) is 0 Å². The van der Waals surface area contributed by atoms with Gasteiger partial charge in [-0.05, 0) is 25.7 Å². The number of hydrogen-bond donors (Lipinski definition) is 2. The molecule has 2 amide bonds. The minimum absolute atomic E-state index is 0.0399. The fourth-order valence-electron chi connectivity index (χ4n) is 2.32. The first-order valence-corrected chi connectivity index (χ1v) is 6.41. The van der Waals surface area contributed by atoms with Crippen molar-refractivity contribution < 1.29 is 14.3 Å². The first-order chi connectivity index (χ1) is 8.24. The van der Waals surface area contributed by atoms with E-state index >= 15 is 0 Å². The molecule has 2 heterocycles. The van der Waals surface area contributed by atoms with Crippen LogP contribution in [-0.2, 0) is 14.3 Å². The van der Waals surface area contributed by atoms with Crippen LogP contribution in [0, 0.1) is 0 Å². The van der Waals surface area contributed by atoms with Gasteiger partial charge < -0.3 is 15.4 Å². The molecular weight excluding hydrogens is 220 g/mol. The first-order valence-electron chi connectivity index (χ1n) is 6.41. The molecule has 0 aromatic heterocycles. The van der Waals surface area contributed by atoms with Gasteiger partial charge in [-0.15, -0.1) is 0 Å². The molecule has 0 bridgehead atoms. The van der Waals surface area contributed by atoms with Crippen molar-refractivity contribution in [3.63, 3.8) is 0 Å². The fourth-order valence-corrected chi connectivity index (χ4v) is 2.32. The Morgan fingerprint density at radius 3 is 2.94 bits per heavy atom. The quantitative estimate of drug-likeness (QED) is 0.747. The van der Waals surface area contributed by atoms with Crippen LogP contribution in [-0.4, -0.2) is 37.1 Å². The van der Waals surface area contributed by atoms with Gasteiger partial charge in [0.25, 0.3) is 0 Å². The number of rotatable bonds is 3. The number of ether oxygens (including phenoxy) is 1. The van der Waals surface area contributed by atoms with Crippen molar-refractivity contribution in [2.24, 2.45) is 0 Å². The summed E-state index contributed by atoms with van der Waals surface area (Å²) in [5.41, 5.74) is 0. The third-order valence-corrected chi connectivity index (χ3v) is 3.32. The molecule has 2 rings (SSSR count). The van der Waals surface area contributed by atoms with E-state index in [0.29, 0.717) is 19.4 Å². The predicted molar refractivity (Wildman–Crippen MR) is 62.4 cm³/mol. The average Bonchev–Trinajstić information content (AvgIpc) is 2.33. The van der Waals surface area contributed by atoms with Crippen LogP contribution < -0.4 is 10.6 Å². The summed E-state index contributed by atoms with van der Waals surface area (Å²) in [6, 6.07) is 0.0868. The Balaban J connectivity index is 1.67. The van der Waals surface area contributed by atoms with Gasteiger partial charge in [0.15, 0.2) is 0 Å². The van der Waals surface area contributed by atoms with Gasteiger partial charge in [0, 0.05) is 25.6 Å². The summed E-state index contributed by atoms with van der Waals surface area (Å²) >= 11 is 0. The number of nitrogens with one attached hydrogen (secondary N) is 2. The summed E-state index contributed by atoms with van der Waals surface area (Å²) in [6.45, 7) is 1.33. The van der Waals surface area contributed by atoms with Crippen molar-refractivity contribution in [2.45, 2.75) is 50.7 Å². The highest BCUT2D eigenvalue weighted by Gasteiger charge is 2.22. The van der Waals surface area contributed by atoms with Gasteiger partial charge in [-0.2, -0.15) is 0 Å². The lowest BCUT2D eigenvalue weighted by Crippen LogP contribution is -2.48. The minimum Gasteiger partial charge on any atom is -0.378 e. The molecule has 2 atom stereocenters. The number of amides is 2. The smallest absolute Gasteiger partial charge is 0.222 e. The van der Waals surface area contributed by atoms with Crippen LogP contribution in [0.1, 0.15) is 38.5 Å². The second-order valence-electron chi connectivity index (χ2n) is 4.80. The number of carbonyl (C=O) groups is 2. The van der Waals surface area contributed by atoms with Crippen LogP contribution in [0.2, 0.25) is 0 Å². The highest BCUT2D eigenvalue weighted by molar-refractivity contribution is 5.79. The summed E-state index contributed by atoms with van der Waals surface area (Å²) in [5.74, 6) is 0.115. The maximum Gasteiger partial charge on any atom is 0.222 e. The molecule has 0 saturated carbocycles. The molecule has 2 unspecified atom stereocenters. The van der Waals surface area contributed by atoms with E-state index in [2.05, 4.69) is 10.6 Å². The SMILES string of the molecule is O=C1CCC(NC(=O)CC2CCCCO2)CN1. The molecule has 5 nitrogen and oxygen atoms in total. The Bertz CT molecular complexity index is 277. The molecule has 2 aliphatic rings. The summed E-state index contributed by atoms with van der Waals surface area (Å²) < 4.78 is 5.52. The maximum atomic E-state index is 11.8. The molecule has 2 saturated heterocycles. The Morgan fingerprint density at radius 1 is 1.41 bits per heavy atom. The Kier molecular flexibility index (Phi) is 4.36. The highest BCUT2D eigenvalue weighted by Crippen LogP contribution is 2.15. The molecule has 0 spiro atoms. The van der Waals surface area contributed by atoms with E-state index in [4.69, 9.17) is 4.74 Å². The monoisotopic (exact) mass is 240 g/mol. The van der Waals surface area contributed by atoms with Gasteiger partial charge in [-0.1, -0.05) is 0 Å². The van der Waals surface area contributed by atoms with Gasteiger partial charge in [-0.3, -0.25) is 9.59 Å². The van der Waals surface area contributed by atoms with Crippen molar-refractivity contribution in [2.75, 3.05) is 13.2 Å². The predicted octanol–water partition coefficient (Wildman–Crippen LogP) is 0.340. The molecule has 2 N–H and O–H groups in total.